The molecule has 0 heterocycles. The standard InChI is InChI=1S/C11H17NO2/c1-3-6-14-9-4-5-11(13)10(7-9)8(2)12/h4-5,7-8,13H,3,6,12H2,1-2H3/t8-/m1/s1. The second kappa shape index (κ2) is 4.86. The largest absolute Gasteiger partial charge is 0.508 e. The normalized spacial score (nSPS) is 12.5. The van der Waals surface area contributed by atoms with E-state index in [2.05, 4.69) is 0 Å². The molecule has 14 heavy (non-hydrogen) atoms. The molecule has 0 saturated carbocycles. The molecule has 3 N–H and O–H groups in total. The molecule has 0 bridgehead atoms. The summed E-state index contributed by atoms with van der Waals surface area (Å²) >= 11 is 0. The molecule has 3 heteroatoms. The molecule has 0 aliphatic carbocycles. The molecule has 0 fully saturated rings. The number of phenols is 1. The molecule has 0 unspecified atom stereocenters. The van der Waals surface area contributed by atoms with Crippen molar-refractivity contribution < 1.29 is 9.84 Å². The fourth-order valence-electron chi connectivity index (χ4n) is 1.21. The van der Waals surface area contributed by atoms with E-state index in [1.165, 1.54) is 0 Å². The monoisotopic (exact) mass is 195 g/mol. The predicted molar refractivity (Wildman–Crippen MR) is 56.5 cm³/mol. The molecule has 0 aliphatic rings. The van der Waals surface area contributed by atoms with Crippen LogP contribution in [-0.4, -0.2) is 11.7 Å². The molecular weight excluding hydrogens is 178 g/mol. The third-order valence-electron chi connectivity index (χ3n) is 1.96. The molecule has 3 nitrogen and oxygen atoms in total. The highest BCUT2D eigenvalue weighted by Gasteiger charge is 2.07. The van der Waals surface area contributed by atoms with E-state index in [9.17, 15) is 5.11 Å². The van der Waals surface area contributed by atoms with Gasteiger partial charge >= 0.3 is 0 Å². The van der Waals surface area contributed by atoms with E-state index in [0.29, 0.717) is 6.61 Å². The Morgan fingerprint density at radius 3 is 2.79 bits per heavy atom. The van der Waals surface area contributed by atoms with Crippen LogP contribution in [0.4, 0.5) is 0 Å². The van der Waals surface area contributed by atoms with Crippen LogP contribution in [0.5, 0.6) is 11.5 Å². The lowest BCUT2D eigenvalue weighted by Gasteiger charge is -2.11. The SMILES string of the molecule is CCCOc1ccc(O)c([C@@H](C)N)c1. The molecule has 0 spiro atoms. The molecule has 0 saturated heterocycles. The van der Waals surface area contributed by atoms with Gasteiger partial charge in [-0.3, -0.25) is 0 Å². The molecular formula is C11H17NO2. The maximum atomic E-state index is 9.50. The van der Waals surface area contributed by atoms with Crippen molar-refractivity contribution in [1.29, 1.82) is 0 Å². The van der Waals surface area contributed by atoms with E-state index < -0.39 is 0 Å². The van der Waals surface area contributed by atoms with Crippen LogP contribution in [-0.2, 0) is 0 Å². The summed E-state index contributed by atoms with van der Waals surface area (Å²) in [6.07, 6.45) is 0.967. The Balaban J connectivity index is 2.83. The average Bonchev–Trinajstić information content (AvgIpc) is 2.16. The first-order valence-electron chi connectivity index (χ1n) is 4.86. The summed E-state index contributed by atoms with van der Waals surface area (Å²) in [6.45, 7) is 4.56. The van der Waals surface area contributed by atoms with Gasteiger partial charge in [-0.2, -0.15) is 0 Å². The number of hydrogen-bond donors (Lipinski definition) is 2. The summed E-state index contributed by atoms with van der Waals surface area (Å²) in [7, 11) is 0. The summed E-state index contributed by atoms with van der Waals surface area (Å²) in [5, 5.41) is 9.50. The Morgan fingerprint density at radius 1 is 1.50 bits per heavy atom. The number of ether oxygens (including phenoxy) is 1. The molecule has 1 aromatic rings. The minimum atomic E-state index is -0.180. The van der Waals surface area contributed by atoms with Gasteiger partial charge in [-0.05, 0) is 31.5 Å². The summed E-state index contributed by atoms with van der Waals surface area (Å²) in [5.41, 5.74) is 6.42. The van der Waals surface area contributed by atoms with Crippen LogP contribution in [0, 0.1) is 0 Å². The lowest BCUT2D eigenvalue weighted by atomic mass is 10.1. The first kappa shape index (κ1) is 10.9. The van der Waals surface area contributed by atoms with Gasteiger partial charge in [0, 0.05) is 11.6 Å². The van der Waals surface area contributed by atoms with Crippen molar-refractivity contribution >= 4 is 0 Å². The van der Waals surface area contributed by atoms with Crippen molar-refractivity contribution in [2.45, 2.75) is 26.3 Å². The summed E-state index contributed by atoms with van der Waals surface area (Å²) in [6, 6.07) is 4.97. The highest BCUT2D eigenvalue weighted by molar-refractivity contribution is 5.40. The third kappa shape index (κ3) is 2.64. The Bertz CT molecular complexity index is 297. The predicted octanol–water partition coefficient (Wildman–Crippen LogP) is 2.20. The second-order valence-electron chi connectivity index (χ2n) is 3.36. The van der Waals surface area contributed by atoms with Gasteiger partial charge in [-0.25, -0.2) is 0 Å². The van der Waals surface area contributed by atoms with Crippen LogP contribution in [0.15, 0.2) is 18.2 Å². The van der Waals surface area contributed by atoms with Crippen LogP contribution in [0.1, 0.15) is 31.9 Å². The molecule has 78 valence electrons. The van der Waals surface area contributed by atoms with Crippen LogP contribution in [0.25, 0.3) is 0 Å². The van der Waals surface area contributed by atoms with Gasteiger partial charge in [0.25, 0.3) is 0 Å². The van der Waals surface area contributed by atoms with Crippen molar-refractivity contribution in [3.8, 4) is 11.5 Å². The number of phenolic OH excluding ortho intramolecular Hbond substituents is 1. The van der Waals surface area contributed by atoms with Crippen LogP contribution < -0.4 is 10.5 Å². The first-order chi connectivity index (χ1) is 6.65. The summed E-state index contributed by atoms with van der Waals surface area (Å²) < 4.78 is 5.43. The molecule has 0 radical (unpaired) electrons. The number of benzene rings is 1. The van der Waals surface area contributed by atoms with Crippen LogP contribution in [0.3, 0.4) is 0 Å². The maximum Gasteiger partial charge on any atom is 0.120 e. The highest BCUT2D eigenvalue weighted by Crippen LogP contribution is 2.27. The van der Waals surface area contributed by atoms with E-state index in [1.54, 1.807) is 18.2 Å². The maximum absolute atomic E-state index is 9.50. The van der Waals surface area contributed by atoms with Gasteiger partial charge in [0.2, 0.25) is 0 Å². The van der Waals surface area contributed by atoms with E-state index >= 15 is 0 Å². The van der Waals surface area contributed by atoms with Crippen LogP contribution >= 0.6 is 0 Å². The zero-order chi connectivity index (χ0) is 10.6. The van der Waals surface area contributed by atoms with Crippen molar-refractivity contribution in [2.24, 2.45) is 5.73 Å². The third-order valence-corrected chi connectivity index (χ3v) is 1.96. The minimum absolute atomic E-state index is 0.180. The molecule has 1 rings (SSSR count). The van der Waals surface area contributed by atoms with E-state index in [0.717, 1.165) is 17.7 Å². The van der Waals surface area contributed by atoms with E-state index in [4.69, 9.17) is 10.5 Å². The Morgan fingerprint density at radius 2 is 2.21 bits per heavy atom. The Kier molecular flexibility index (Phi) is 3.77. The lowest BCUT2D eigenvalue weighted by molar-refractivity contribution is 0.316. The zero-order valence-corrected chi connectivity index (χ0v) is 8.66. The van der Waals surface area contributed by atoms with Crippen LogP contribution in [0.2, 0.25) is 0 Å². The minimum Gasteiger partial charge on any atom is -0.508 e. The van der Waals surface area contributed by atoms with Gasteiger partial charge in [0.05, 0.1) is 6.61 Å². The molecule has 0 amide bonds. The van der Waals surface area contributed by atoms with E-state index in [1.807, 2.05) is 13.8 Å². The fraction of sp³-hybridized carbons (Fsp3) is 0.455. The highest BCUT2D eigenvalue weighted by atomic mass is 16.5. The molecule has 0 aliphatic heterocycles. The first-order valence-corrected chi connectivity index (χ1v) is 4.86. The van der Waals surface area contributed by atoms with E-state index in [-0.39, 0.29) is 11.8 Å². The van der Waals surface area contributed by atoms with Gasteiger partial charge < -0.3 is 15.6 Å². The number of hydrogen-bond acceptors (Lipinski definition) is 3. The van der Waals surface area contributed by atoms with Gasteiger partial charge in [0.1, 0.15) is 11.5 Å². The smallest absolute Gasteiger partial charge is 0.120 e. The summed E-state index contributed by atoms with van der Waals surface area (Å²) in [5.74, 6) is 0.987. The molecule has 1 atom stereocenters. The van der Waals surface area contributed by atoms with Crippen molar-refractivity contribution in [1.82, 2.24) is 0 Å². The number of rotatable bonds is 4. The van der Waals surface area contributed by atoms with Crippen molar-refractivity contribution in [3.63, 3.8) is 0 Å². The quantitative estimate of drug-likeness (QED) is 0.774. The Hall–Kier alpha value is -1.22. The second-order valence-corrected chi connectivity index (χ2v) is 3.36. The van der Waals surface area contributed by atoms with Crippen molar-refractivity contribution in [3.05, 3.63) is 23.8 Å². The topological polar surface area (TPSA) is 55.5 Å². The average molecular weight is 195 g/mol. The number of nitrogens with two attached hydrogens (primary N) is 1. The summed E-state index contributed by atoms with van der Waals surface area (Å²) in [4.78, 5) is 0. The lowest BCUT2D eigenvalue weighted by Crippen LogP contribution is -2.05. The van der Waals surface area contributed by atoms with Gasteiger partial charge in [-0.15, -0.1) is 0 Å². The fourth-order valence-corrected chi connectivity index (χ4v) is 1.21. The number of aromatic hydroxyl groups is 1. The zero-order valence-electron chi connectivity index (χ0n) is 8.66. The van der Waals surface area contributed by atoms with Crippen molar-refractivity contribution in [2.75, 3.05) is 6.61 Å². The Labute approximate surface area is 84.5 Å². The van der Waals surface area contributed by atoms with Gasteiger partial charge in [0.15, 0.2) is 0 Å². The molecule has 0 aromatic heterocycles. The molecule has 1 aromatic carbocycles. The van der Waals surface area contributed by atoms with Gasteiger partial charge in [-0.1, -0.05) is 6.92 Å².